The molecule has 0 radical (unpaired) electrons. The normalized spacial score (nSPS) is 10.5. The Labute approximate surface area is 105 Å². The molecule has 0 fully saturated rings. The van der Waals surface area contributed by atoms with Gasteiger partial charge in [-0.3, -0.25) is 0 Å². The van der Waals surface area contributed by atoms with Gasteiger partial charge in [-0.2, -0.15) is 0 Å². The highest BCUT2D eigenvalue weighted by Gasteiger charge is 2.05. The molecule has 0 amide bonds. The maximum absolute atomic E-state index is 5.16. The second-order valence-electron chi connectivity index (χ2n) is 3.97. The van der Waals surface area contributed by atoms with Crippen LogP contribution in [0, 0.1) is 0 Å². The van der Waals surface area contributed by atoms with Gasteiger partial charge < -0.3 is 4.74 Å². The van der Waals surface area contributed by atoms with Crippen LogP contribution in [0.1, 0.15) is 0 Å². The summed E-state index contributed by atoms with van der Waals surface area (Å²) in [5, 5.41) is 1.06. The Kier molecular flexibility index (Phi) is 2.65. The first kappa shape index (κ1) is 10.7. The maximum Gasteiger partial charge on any atom is 0.118 e. The molecule has 2 aromatic carbocycles. The number of para-hydroxylation sites is 1. The zero-order valence-corrected chi connectivity index (χ0v) is 10.00. The van der Waals surface area contributed by atoms with E-state index in [4.69, 9.17) is 4.74 Å². The summed E-state index contributed by atoms with van der Waals surface area (Å²) >= 11 is 0. The molecule has 3 rings (SSSR count). The molecule has 0 unspecified atom stereocenters. The smallest absolute Gasteiger partial charge is 0.118 e. The lowest BCUT2D eigenvalue weighted by molar-refractivity contribution is 0.415. The average Bonchev–Trinajstić information content (AvgIpc) is 2.47. The van der Waals surface area contributed by atoms with Crippen molar-refractivity contribution >= 4 is 10.9 Å². The Morgan fingerprint density at radius 3 is 2.44 bits per heavy atom. The van der Waals surface area contributed by atoms with Gasteiger partial charge in [0, 0.05) is 10.9 Å². The minimum Gasteiger partial charge on any atom is -0.497 e. The Bertz CT molecular complexity index is 672. The van der Waals surface area contributed by atoms with Gasteiger partial charge in [-0.1, -0.05) is 18.2 Å². The van der Waals surface area contributed by atoms with E-state index in [0.717, 1.165) is 27.9 Å². The van der Waals surface area contributed by atoms with E-state index in [9.17, 15) is 0 Å². The van der Waals surface area contributed by atoms with Crippen LogP contribution in [0.5, 0.6) is 5.75 Å². The summed E-state index contributed by atoms with van der Waals surface area (Å²) in [5.41, 5.74) is 2.97. The zero-order valence-electron chi connectivity index (χ0n) is 10.00. The van der Waals surface area contributed by atoms with Crippen LogP contribution in [-0.4, -0.2) is 17.1 Å². The van der Waals surface area contributed by atoms with E-state index in [1.54, 1.807) is 13.4 Å². The van der Waals surface area contributed by atoms with Gasteiger partial charge in [-0.15, -0.1) is 0 Å². The summed E-state index contributed by atoms with van der Waals surface area (Å²) < 4.78 is 5.16. The predicted octanol–water partition coefficient (Wildman–Crippen LogP) is 3.31. The molecular formula is C15H12N2O. The van der Waals surface area contributed by atoms with Crippen molar-refractivity contribution in [1.82, 2.24) is 9.97 Å². The molecule has 3 heteroatoms. The fourth-order valence-electron chi connectivity index (χ4n) is 1.98. The van der Waals surface area contributed by atoms with Crippen molar-refractivity contribution in [3.05, 3.63) is 54.9 Å². The molecule has 0 aliphatic rings. The van der Waals surface area contributed by atoms with Crippen LogP contribution in [-0.2, 0) is 0 Å². The van der Waals surface area contributed by atoms with Crippen molar-refractivity contribution < 1.29 is 4.74 Å². The van der Waals surface area contributed by atoms with E-state index < -0.39 is 0 Å². The van der Waals surface area contributed by atoms with E-state index >= 15 is 0 Å². The van der Waals surface area contributed by atoms with Gasteiger partial charge in [-0.25, -0.2) is 9.97 Å². The van der Waals surface area contributed by atoms with Crippen molar-refractivity contribution in [3.8, 4) is 17.0 Å². The van der Waals surface area contributed by atoms with Crippen LogP contribution in [0.2, 0.25) is 0 Å². The third kappa shape index (κ3) is 1.80. The first-order valence-corrected chi connectivity index (χ1v) is 5.72. The molecule has 0 saturated carbocycles. The molecule has 3 aromatic rings. The van der Waals surface area contributed by atoms with Crippen LogP contribution in [0.25, 0.3) is 22.2 Å². The quantitative estimate of drug-likeness (QED) is 0.684. The van der Waals surface area contributed by atoms with Crippen LogP contribution in [0.4, 0.5) is 0 Å². The van der Waals surface area contributed by atoms with E-state index in [0.29, 0.717) is 0 Å². The maximum atomic E-state index is 5.16. The van der Waals surface area contributed by atoms with Crippen molar-refractivity contribution in [1.29, 1.82) is 0 Å². The van der Waals surface area contributed by atoms with Gasteiger partial charge >= 0.3 is 0 Å². The number of fused-ring (bicyclic) bond motifs is 1. The number of hydrogen-bond acceptors (Lipinski definition) is 3. The molecule has 88 valence electrons. The second-order valence-corrected chi connectivity index (χ2v) is 3.97. The van der Waals surface area contributed by atoms with Crippen LogP contribution in [0.15, 0.2) is 54.9 Å². The highest BCUT2D eigenvalue weighted by atomic mass is 16.5. The van der Waals surface area contributed by atoms with Crippen molar-refractivity contribution in [2.24, 2.45) is 0 Å². The molecule has 0 atom stereocenters. The number of benzene rings is 2. The van der Waals surface area contributed by atoms with Crippen molar-refractivity contribution in [2.75, 3.05) is 7.11 Å². The zero-order chi connectivity index (χ0) is 12.4. The lowest BCUT2D eigenvalue weighted by Gasteiger charge is -2.06. The van der Waals surface area contributed by atoms with Crippen LogP contribution < -0.4 is 4.74 Å². The molecule has 0 aliphatic carbocycles. The Morgan fingerprint density at radius 2 is 1.67 bits per heavy atom. The van der Waals surface area contributed by atoms with Gasteiger partial charge in [0.2, 0.25) is 0 Å². The standard InChI is InChI=1S/C15H12N2O/c1-18-12-8-6-11(7-9-12)15-13-4-2-3-5-14(13)16-10-17-15/h2-10H,1H3. The highest BCUT2D eigenvalue weighted by Crippen LogP contribution is 2.26. The predicted molar refractivity (Wildman–Crippen MR) is 71.5 cm³/mol. The Hall–Kier alpha value is -2.42. The number of rotatable bonds is 2. The van der Waals surface area contributed by atoms with Gasteiger partial charge in [0.05, 0.1) is 18.3 Å². The number of nitrogens with zero attached hydrogens (tertiary/aromatic N) is 2. The van der Waals surface area contributed by atoms with Crippen LogP contribution in [0.3, 0.4) is 0 Å². The van der Waals surface area contributed by atoms with Gasteiger partial charge in [-0.05, 0) is 30.3 Å². The Morgan fingerprint density at radius 1 is 0.889 bits per heavy atom. The molecule has 0 aliphatic heterocycles. The summed E-state index contributed by atoms with van der Waals surface area (Å²) in [5.74, 6) is 0.845. The third-order valence-corrected chi connectivity index (χ3v) is 2.91. The van der Waals surface area contributed by atoms with E-state index in [2.05, 4.69) is 9.97 Å². The molecule has 0 bridgehead atoms. The fraction of sp³-hybridized carbons (Fsp3) is 0.0667. The molecule has 1 aromatic heterocycles. The topological polar surface area (TPSA) is 35.0 Å². The van der Waals surface area contributed by atoms with E-state index in [1.807, 2.05) is 48.5 Å². The van der Waals surface area contributed by atoms with Gasteiger partial charge in [0.1, 0.15) is 12.1 Å². The molecule has 0 saturated heterocycles. The van der Waals surface area contributed by atoms with Crippen molar-refractivity contribution in [3.63, 3.8) is 0 Å². The number of hydrogen-bond donors (Lipinski definition) is 0. The van der Waals surface area contributed by atoms with Gasteiger partial charge in [0.25, 0.3) is 0 Å². The lowest BCUT2D eigenvalue weighted by Crippen LogP contribution is -1.89. The van der Waals surface area contributed by atoms with E-state index in [1.165, 1.54) is 0 Å². The third-order valence-electron chi connectivity index (χ3n) is 2.91. The number of ether oxygens (including phenoxy) is 1. The SMILES string of the molecule is COc1ccc(-c2ncnc3ccccc23)cc1. The summed E-state index contributed by atoms with van der Waals surface area (Å²) in [7, 11) is 1.66. The minimum absolute atomic E-state index is 0.845. The first-order chi connectivity index (χ1) is 8.88. The molecule has 3 nitrogen and oxygen atoms in total. The summed E-state index contributed by atoms with van der Waals surface area (Å²) in [6.45, 7) is 0. The first-order valence-electron chi connectivity index (χ1n) is 5.72. The molecule has 0 N–H and O–H groups in total. The molecule has 1 heterocycles. The Balaban J connectivity index is 2.18. The minimum atomic E-state index is 0.845. The van der Waals surface area contributed by atoms with E-state index in [-0.39, 0.29) is 0 Å². The van der Waals surface area contributed by atoms with Crippen molar-refractivity contribution in [2.45, 2.75) is 0 Å². The summed E-state index contributed by atoms with van der Waals surface area (Å²) in [6.07, 6.45) is 1.60. The lowest BCUT2D eigenvalue weighted by atomic mass is 10.1. The van der Waals surface area contributed by atoms with Gasteiger partial charge in [0.15, 0.2) is 0 Å². The molecule has 0 spiro atoms. The highest BCUT2D eigenvalue weighted by molar-refractivity contribution is 5.91. The number of aromatic nitrogens is 2. The molecular weight excluding hydrogens is 224 g/mol. The second kappa shape index (κ2) is 4.45. The average molecular weight is 236 g/mol. The summed E-state index contributed by atoms with van der Waals surface area (Å²) in [4.78, 5) is 8.65. The molecule has 18 heavy (non-hydrogen) atoms. The largest absolute Gasteiger partial charge is 0.497 e. The number of methoxy groups -OCH3 is 1. The fourth-order valence-corrected chi connectivity index (χ4v) is 1.98. The summed E-state index contributed by atoms with van der Waals surface area (Å²) in [6, 6.07) is 15.9. The van der Waals surface area contributed by atoms with Crippen LogP contribution >= 0.6 is 0 Å². The monoisotopic (exact) mass is 236 g/mol.